The Kier molecular flexibility index (Phi) is 31.1. The fraction of sp³-hybridized carbons (Fsp3) is 1.00. The van der Waals surface area contributed by atoms with Gasteiger partial charge in [-0.05, 0) is 0 Å². The van der Waals surface area contributed by atoms with Crippen LogP contribution in [0.4, 0.5) is 0 Å². The van der Waals surface area contributed by atoms with E-state index >= 15 is 0 Å². The molecular formula is C24H52OTe. The SMILES string of the molecule is CCCCCCCCCCCC[Te]CCCCCCCCCCCC.O. The summed E-state index contributed by atoms with van der Waals surface area (Å²) in [4.78, 5) is 0. The molecule has 0 aromatic carbocycles. The van der Waals surface area contributed by atoms with Gasteiger partial charge in [0.25, 0.3) is 0 Å². The molecule has 0 unspecified atom stereocenters. The van der Waals surface area contributed by atoms with Crippen LogP contribution in [0.1, 0.15) is 142 Å². The summed E-state index contributed by atoms with van der Waals surface area (Å²) in [6.07, 6.45) is 29.7. The van der Waals surface area contributed by atoms with Gasteiger partial charge in [0.05, 0.1) is 0 Å². The van der Waals surface area contributed by atoms with Crippen LogP contribution in [-0.4, -0.2) is 26.4 Å². The predicted octanol–water partition coefficient (Wildman–Crippen LogP) is 8.54. The maximum absolute atomic E-state index is 2.31. The summed E-state index contributed by atoms with van der Waals surface area (Å²) >= 11 is 0.380. The van der Waals surface area contributed by atoms with Crippen LogP contribution in [0.15, 0.2) is 0 Å². The molecule has 26 heavy (non-hydrogen) atoms. The Bertz CT molecular complexity index is 198. The van der Waals surface area contributed by atoms with E-state index in [4.69, 9.17) is 0 Å². The Morgan fingerprint density at radius 1 is 0.346 bits per heavy atom. The summed E-state index contributed by atoms with van der Waals surface area (Å²) in [5.74, 6) is 0. The molecule has 0 atom stereocenters. The second-order valence-corrected chi connectivity index (χ2v) is 11.5. The molecule has 2 heteroatoms. The fourth-order valence-electron chi connectivity index (χ4n) is 3.49. The van der Waals surface area contributed by atoms with Gasteiger partial charge in [0.15, 0.2) is 0 Å². The van der Waals surface area contributed by atoms with Gasteiger partial charge < -0.3 is 5.48 Å². The smallest absolute Gasteiger partial charge is 0.412 e. The standard InChI is InChI=1S/C24H50Te.H2O/c1-3-5-7-9-11-13-15-17-19-21-23-25-24-22-20-18-16-14-12-10-8-6-4-2;/h3-24H2,1-2H3;1H2. The summed E-state index contributed by atoms with van der Waals surface area (Å²) in [6, 6.07) is 0. The Balaban J connectivity index is 0. The van der Waals surface area contributed by atoms with Crippen LogP contribution >= 0.6 is 0 Å². The van der Waals surface area contributed by atoms with Gasteiger partial charge in [-0.2, -0.15) is 0 Å². The van der Waals surface area contributed by atoms with Gasteiger partial charge in [0, 0.05) is 0 Å². The predicted molar refractivity (Wildman–Crippen MR) is 123 cm³/mol. The van der Waals surface area contributed by atoms with Crippen LogP contribution in [0, 0.1) is 0 Å². The summed E-state index contributed by atoms with van der Waals surface area (Å²) in [7, 11) is 0. The van der Waals surface area contributed by atoms with Gasteiger partial charge in [-0.3, -0.25) is 0 Å². The Morgan fingerprint density at radius 2 is 0.577 bits per heavy atom. The molecule has 0 radical (unpaired) electrons. The van der Waals surface area contributed by atoms with Crippen LogP contribution in [0.3, 0.4) is 0 Å². The van der Waals surface area contributed by atoms with Crippen molar-refractivity contribution in [1.29, 1.82) is 0 Å². The topological polar surface area (TPSA) is 31.5 Å². The zero-order valence-corrected chi connectivity index (χ0v) is 20.8. The molecule has 0 heterocycles. The second-order valence-electron chi connectivity index (χ2n) is 7.98. The third-order valence-electron chi connectivity index (χ3n) is 5.28. The van der Waals surface area contributed by atoms with Crippen LogP contribution in [0.2, 0.25) is 8.94 Å². The Morgan fingerprint density at radius 3 is 0.846 bits per heavy atom. The molecule has 0 aromatic rings. The number of rotatable bonds is 22. The van der Waals surface area contributed by atoms with Crippen molar-refractivity contribution in [3.63, 3.8) is 0 Å². The van der Waals surface area contributed by atoms with E-state index in [1.54, 1.807) is 21.8 Å². The Hall–Kier alpha value is 0.750. The van der Waals surface area contributed by atoms with E-state index in [0.717, 1.165) is 0 Å². The Labute approximate surface area is 177 Å². The van der Waals surface area contributed by atoms with Crippen molar-refractivity contribution in [2.24, 2.45) is 0 Å². The van der Waals surface area contributed by atoms with Crippen molar-refractivity contribution < 1.29 is 5.48 Å². The van der Waals surface area contributed by atoms with Gasteiger partial charge in [-0.25, -0.2) is 0 Å². The molecular weight excluding hydrogens is 432 g/mol. The molecule has 1 nitrogen and oxygen atoms in total. The molecule has 0 bridgehead atoms. The summed E-state index contributed by atoms with van der Waals surface area (Å²) < 4.78 is 3.25. The van der Waals surface area contributed by atoms with Crippen LogP contribution < -0.4 is 0 Å². The van der Waals surface area contributed by atoms with Crippen molar-refractivity contribution in [3.05, 3.63) is 0 Å². The van der Waals surface area contributed by atoms with E-state index in [0.29, 0.717) is 20.9 Å². The molecule has 0 saturated carbocycles. The van der Waals surface area contributed by atoms with Crippen molar-refractivity contribution in [3.8, 4) is 0 Å². The van der Waals surface area contributed by atoms with Crippen molar-refractivity contribution >= 4 is 20.9 Å². The van der Waals surface area contributed by atoms with Gasteiger partial charge >= 0.3 is 172 Å². The fourth-order valence-corrected chi connectivity index (χ4v) is 6.40. The summed E-state index contributed by atoms with van der Waals surface area (Å²) in [6.45, 7) is 4.61. The minimum Gasteiger partial charge on any atom is -0.412 e. The van der Waals surface area contributed by atoms with E-state index in [-0.39, 0.29) is 5.48 Å². The van der Waals surface area contributed by atoms with Gasteiger partial charge in [-0.15, -0.1) is 0 Å². The van der Waals surface area contributed by atoms with Crippen molar-refractivity contribution in [2.75, 3.05) is 0 Å². The van der Waals surface area contributed by atoms with E-state index in [9.17, 15) is 0 Å². The van der Waals surface area contributed by atoms with Gasteiger partial charge in [0.2, 0.25) is 0 Å². The molecule has 0 fully saturated rings. The summed E-state index contributed by atoms with van der Waals surface area (Å²) in [5.41, 5.74) is 0. The summed E-state index contributed by atoms with van der Waals surface area (Å²) in [5, 5.41) is 0. The molecule has 0 aliphatic heterocycles. The average Bonchev–Trinajstić information content (AvgIpc) is 2.63. The van der Waals surface area contributed by atoms with E-state index in [1.165, 1.54) is 116 Å². The molecule has 0 spiro atoms. The molecule has 160 valence electrons. The second kappa shape index (κ2) is 28.0. The minimum absolute atomic E-state index is 0. The number of hydrogen-bond acceptors (Lipinski definition) is 0. The van der Waals surface area contributed by atoms with Crippen LogP contribution in [-0.2, 0) is 0 Å². The van der Waals surface area contributed by atoms with Crippen LogP contribution in [0.25, 0.3) is 0 Å². The first kappa shape index (κ1) is 29.0. The molecule has 2 N–H and O–H groups in total. The quantitative estimate of drug-likeness (QED) is 0.109. The van der Waals surface area contributed by atoms with Crippen molar-refractivity contribution in [1.82, 2.24) is 0 Å². The normalized spacial score (nSPS) is 10.8. The van der Waals surface area contributed by atoms with E-state index < -0.39 is 0 Å². The average molecular weight is 484 g/mol. The molecule has 0 saturated heterocycles. The van der Waals surface area contributed by atoms with E-state index in [2.05, 4.69) is 13.8 Å². The molecule has 0 aliphatic carbocycles. The number of unbranched alkanes of at least 4 members (excludes halogenated alkanes) is 18. The first-order valence-electron chi connectivity index (χ1n) is 12.0. The third kappa shape index (κ3) is 27.0. The first-order valence-corrected chi connectivity index (χ1v) is 15.3. The van der Waals surface area contributed by atoms with Gasteiger partial charge in [0.1, 0.15) is 0 Å². The van der Waals surface area contributed by atoms with Gasteiger partial charge in [-0.1, -0.05) is 0 Å². The minimum atomic E-state index is 0. The molecule has 0 aromatic heterocycles. The van der Waals surface area contributed by atoms with Crippen LogP contribution in [0.5, 0.6) is 0 Å². The zero-order chi connectivity index (χ0) is 18.3. The zero-order valence-electron chi connectivity index (χ0n) is 18.5. The third-order valence-corrected chi connectivity index (χ3v) is 8.58. The number of hydrogen-bond donors (Lipinski definition) is 0. The molecule has 0 rings (SSSR count). The van der Waals surface area contributed by atoms with Crippen molar-refractivity contribution in [2.45, 2.75) is 151 Å². The molecule has 0 amide bonds. The first-order chi connectivity index (χ1) is 12.4. The maximum atomic E-state index is 2.31. The molecule has 0 aliphatic rings. The van der Waals surface area contributed by atoms with E-state index in [1.807, 2.05) is 0 Å². The monoisotopic (exact) mass is 486 g/mol.